The minimum Gasteiger partial charge on any atom is -0.367 e. The molecule has 0 bridgehead atoms. The Balaban J connectivity index is 1.69. The molecule has 1 aliphatic heterocycles. The zero-order valence-corrected chi connectivity index (χ0v) is 16.6. The van der Waals surface area contributed by atoms with Crippen LogP contribution in [0.4, 0.5) is 26.3 Å². The molecule has 1 fully saturated rings. The fraction of sp³-hybridized carbons (Fsp3) is 0.632. The second kappa shape index (κ2) is 10.9. The molecular weight excluding hydrogens is 414 g/mol. The molecule has 1 aromatic carbocycles. The number of hydrogen-bond acceptors (Lipinski definition) is 3. The van der Waals surface area contributed by atoms with Gasteiger partial charge in [-0.1, -0.05) is 24.3 Å². The highest BCUT2D eigenvalue weighted by molar-refractivity contribution is 5.79. The lowest BCUT2D eigenvalue weighted by Crippen LogP contribution is -2.40. The summed E-state index contributed by atoms with van der Waals surface area (Å²) in [6.45, 7) is -0.514. The van der Waals surface area contributed by atoms with Gasteiger partial charge in [0.05, 0.1) is 13.2 Å². The van der Waals surface area contributed by atoms with Gasteiger partial charge in [-0.2, -0.15) is 26.3 Å². The first-order chi connectivity index (χ1) is 14.0. The molecule has 1 saturated heterocycles. The third-order valence-corrected chi connectivity index (χ3v) is 4.57. The molecule has 0 aliphatic carbocycles. The fourth-order valence-corrected chi connectivity index (χ4v) is 3.16. The number of halogens is 6. The maximum atomic E-state index is 12.5. The van der Waals surface area contributed by atoms with E-state index in [9.17, 15) is 26.3 Å². The van der Waals surface area contributed by atoms with Crippen molar-refractivity contribution in [1.29, 1.82) is 0 Å². The average molecular weight is 440 g/mol. The van der Waals surface area contributed by atoms with Crippen molar-refractivity contribution < 1.29 is 31.1 Å². The third kappa shape index (κ3) is 9.66. The summed E-state index contributed by atoms with van der Waals surface area (Å²) in [5.74, 6) is 0.642. The number of benzene rings is 1. The Morgan fingerprint density at radius 1 is 1.07 bits per heavy atom. The quantitative estimate of drug-likeness (QED) is 0.370. The van der Waals surface area contributed by atoms with Gasteiger partial charge in [0.25, 0.3) is 0 Å². The molecule has 1 aliphatic rings. The van der Waals surface area contributed by atoms with Crippen LogP contribution in [-0.2, 0) is 17.9 Å². The minimum absolute atomic E-state index is 0.113. The normalized spacial score (nSPS) is 18.6. The van der Waals surface area contributed by atoms with Gasteiger partial charge in [0.1, 0.15) is 6.61 Å². The van der Waals surface area contributed by atoms with Crippen LogP contribution in [0.1, 0.15) is 17.5 Å². The van der Waals surface area contributed by atoms with E-state index in [1.165, 1.54) is 4.90 Å². The molecule has 2 rings (SSSR count). The Labute approximate surface area is 171 Å². The van der Waals surface area contributed by atoms with Crippen molar-refractivity contribution in [2.45, 2.75) is 31.9 Å². The van der Waals surface area contributed by atoms with Crippen LogP contribution in [0.3, 0.4) is 0 Å². The Hall–Kier alpha value is -2.01. The first-order valence-electron chi connectivity index (χ1n) is 9.50. The van der Waals surface area contributed by atoms with E-state index in [4.69, 9.17) is 0 Å². The number of ether oxygens (including phenoxy) is 1. The van der Waals surface area contributed by atoms with Gasteiger partial charge in [-0.25, -0.2) is 0 Å². The molecule has 170 valence electrons. The first kappa shape index (κ1) is 24.3. The number of aliphatic imine (C=N–C) groups is 1. The van der Waals surface area contributed by atoms with Crippen molar-refractivity contribution in [3.8, 4) is 0 Å². The topological polar surface area (TPSA) is 48.9 Å². The van der Waals surface area contributed by atoms with Crippen LogP contribution in [0.5, 0.6) is 0 Å². The number of guanidine groups is 1. The summed E-state index contributed by atoms with van der Waals surface area (Å²) in [5, 5.41) is 6.23. The highest BCUT2D eigenvalue weighted by Gasteiger charge is 2.34. The maximum absolute atomic E-state index is 12.5. The van der Waals surface area contributed by atoms with Crippen LogP contribution < -0.4 is 10.6 Å². The van der Waals surface area contributed by atoms with Crippen LogP contribution >= 0.6 is 0 Å². The molecular formula is C19H26F6N4O. The zero-order valence-electron chi connectivity index (χ0n) is 16.6. The monoisotopic (exact) mass is 440 g/mol. The standard InChI is InChI=1S/C19H26F6N4O/c1-26-17(28-9-16-6-7-29(10-16)12-18(20,21)22)27-8-14-2-4-15(5-3-14)11-30-13-19(23,24)25/h2-5,16H,6-13H2,1H3,(H2,26,27,28). The maximum Gasteiger partial charge on any atom is 0.411 e. The molecule has 1 aromatic rings. The average Bonchev–Trinajstić information content (AvgIpc) is 3.07. The summed E-state index contributed by atoms with van der Waals surface area (Å²) in [6.07, 6.45) is -7.83. The highest BCUT2D eigenvalue weighted by atomic mass is 19.4. The lowest BCUT2D eigenvalue weighted by Gasteiger charge is -2.18. The fourth-order valence-electron chi connectivity index (χ4n) is 3.16. The SMILES string of the molecule is CN=C(NCc1ccc(COCC(F)(F)F)cc1)NCC1CCN(CC(F)(F)F)C1. The van der Waals surface area contributed by atoms with Gasteiger partial charge in [0.2, 0.25) is 0 Å². The van der Waals surface area contributed by atoms with Gasteiger partial charge in [-0.15, -0.1) is 0 Å². The molecule has 5 nitrogen and oxygen atoms in total. The van der Waals surface area contributed by atoms with Gasteiger partial charge < -0.3 is 15.4 Å². The van der Waals surface area contributed by atoms with E-state index in [1.807, 2.05) is 0 Å². The van der Waals surface area contributed by atoms with Crippen LogP contribution in [-0.4, -0.2) is 63.0 Å². The van der Waals surface area contributed by atoms with Crippen LogP contribution in [0.2, 0.25) is 0 Å². The van der Waals surface area contributed by atoms with E-state index in [0.717, 1.165) is 5.56 Å². The first-order valence-corrected chi connectivity index (χ1v) is 9.50. The van der Waals surface area contributed by atoms with Crippen molar-refractivity contribution in [2.75, 3.05) is 39.8 Å². The summed E-state index contributed by atoms with van der Waals surface area (Å²) in [7, 11) is 1.60. The molecule has 0 aromatic heterocycles. The zero-order chi connectivity index (χ0) is 22.2. The summed E-state index contributed by atoms with van der Waals surface area (Å²) in [4.78, 5) is 5.50. The van der Waals surface area contributed by atoms with Gasteiger partial charge in [-0.3, -0.25) is 9.89 Å². The van der Waals surface area contributed by atoms with Crippen molar-refractivity contribution in [1.82, 2.24) is 15.5 Å². The second-order valence-electron chi connectivity index (χ2n) is 7.24. The number of nitrogens with one attached hydrogen (secondary N) is 2. The number of rotatable bonds is 8. The summed E-state index contributed by atoms with van der Waals surface area (Å²) >= 11 is 0. The predicted molar refractivity (Wildman–Crippen MR) is 101 cm³/mol. The van der Waals surface area contributed by atoms with Crippen LogP contribution in [0.15, 0.2) is 29.3 Å². The molecule has 1 heterocycles. The lowest BCUT2D eigenvalue weighted by atomic mass is 10.1. The number of alkyl halides is 6. The molecule has 30 heavy (non-hydrogen) atoms. The van der Waals surface area contributed by atoms with Crippen molar-refractivity contribution in [3.63, 3.8) is 0 Å². The summed E-state index contributed by atoms with van der Waals surface area (Å²) in [6, 6.07) is 6.94. The largest absolute Gasteiger partial charge is 0.411 e. The molecule has 1 unspecified atom stereocenters. The van der Waals surface area contributed by atoms with E-state index >= 15 is 0 Å². The Kier molecular flexibility index (Phi) is 8.78. The predicted octanol–water partition coefficient (Wildman–Crippen LogP) is 3.31. The number of nitrogens with zero attached hydrogens (tertiary/aromatic N) is 2. The van der Waals surface area contributed by atoms with E-state index in [2.05, 4.69) is 20.4 Å². The lowest BCUT2D eigenvalue weighted by molar-refractivity contribution is -0.176. The number of likely N-dealkylation sites (tertiary alicyclic amines) is 1. The molecule has 0 saturated carbocycles. The molecule has 0 radical (unpaired) electrons. The minimum atomic E-state index is -4.35. The summed E-state index contributed by atoms with van der Waals surface area (Å²) in [5.41, 5.74) is 1.53. The molecule has 1 atom stereocenters. The molecule has 0 spiro atoms. The molecule has 11 heteroatoms. The van der Waals surface area contributed by atoms with Crippen molar-refractivity contribution in [3.05, 3.63) is 35.4 Å². The Bertz CT molecular complexity index is 675. The third-order valence-electron chi connectivity index (χ3n) is 4.57. The number of hydrogen-bond donors (Lipinski definition) is 2. The van der Waals surface area contributed by atoms with Gasteiger partial charge in [-0.05, 0) is 30.0 Å². The van der Waals surface area contributed by atoms with Crippen molar-refractivity contribution in [2.24, 2.45) is 10.9 Å². The second-order valence-corrected chi connectivity index (χ2v) is 7.24. The van der Waals surface area contributed by atoms with Crippen LogP contribution in [0.25, 0.3) is 0 Å². The Morgan fingerprint density at radius 2 is 1.73 bits per heavy atom. The smallest absolute Gasteiger partial charge is 0.367 e. The van der Waals surface area contributed by atoms with Crippen molar-refractivity contribution >= 4 is 5.96 Å². The molecule has 0 amide bonds. The summed E-state index contributed by atoms with van der Waals surface area (Å²) < 4.78 is 78.2. The van der Waals surface area contributed by atoms with Gasteiger partial charge in [0, 0.05) is 26.7 Å². The van der Waals surface area contributed by atoms with Gasteiger partial charge >= 0.3 is 12.4 Å². The van der Waals surface area contributed by atoms with E-state index in [1.54, 1.807) is 31.3 Å². The van der Waals surface area contributed by atoms with Gasteiger partial charge in [0.15, 0.2) is 5.96 Å². The molecule has 2 N–H and O–H groups in total. The Morgan fingerprint density at radius 3 is 2.33 bits per heavy atom. The van der Waals surface area contributed by atoms with E-state index in [-0.39, 0.29) is 12.5 Å². The van der Waals surface area contributed by atoms with Crippen LogP contribution in [0, 0.1) is 5.92 Å². The van der Waals surface area contributed by atoms with E-state index < -0.39 is 25.5 Å². The highest BCUT2D eigenvalue weighted by Crippen LogP contribution is 2.22. The van der Waals surface area contributed by atoms with E-state index in [0.29, 0.717) is 44.1 Å².